The first-order valence-corrected chi connectivity index (χ1v) is 8.81. The molecule has 3 aromatic carbocycles. The summed E-state index contributed by atoms with van der Waals surface area (Å²) in [6.45, 7) is 7.33. The lowest BCUT2D eigenvalue weighted by molar-refractivity contribution is 0.399. The van der Waals surface area contributed by atoms with Gasteiger partial charge in [-0.1, -0.05) is 36.4 Å². The maximum atomic E-state index is 10.5. The molecule has 0 aromatic heterocycles. The van der Waals surface area contributed by atoms with Crippen LogP contribution in [0.1, 0.15) is 44.9 Å². The summed E-state index contributed by atoms with van der Waals surface area (Å²) in [7, 11) is 0. The van der Waals surface area contributed by atoms with Crippen LogP contribution in [0.25, 0.3) is 0 Å². The lowest BCUT2D eigenvalue weighted by Gasteiger charge is -2.23. The van der Waals surface area contributed by atoms with Gasteiger partial charge in [0.15, 0.2) is 11.5 Å². The molecule has 0 aliphatic carbocycles. The van der Waals surface area contributed by atoms with Crippen molar-refractivity contribution >= 4 is 0 Å². The molecule has 4 heteroatoms. The van der Waals surface area contributed by atoms with Crippen molar-refractivity contribution in [3.05, 3.63) is 81.4 Å². The number of benzene rings is 3. The molecule has 0 aliphatic rings. The fourth-order valence-electron chi connectivity index (χ4n) is 3.65. The second-order valence-corrected chi connectivity index (χ2v) is 7.15. The van der Waals surface area contributed by atoms with Gasteiger partial charge in [0.05, 0.1) is 0 Å². The fraction of sp³-hybridized carbons (Fsp3) is 0.217. The molecule has 3 aromatic rings. The number of phenolic OH excluding ortho intramolecular Hbond substituents is 4. The lowest BCUT2D eigenvalue weighted by atomic mass is 9.82. The third-order valence-electron chi connectivity index (χ3n) is 5.05. The Labute approximate surface area is 159 Å². The summed E-state index contributed by atoms with van der Waals surface area (Å²) in [4.78, 5) is 0. The SMILES string of the molecule is Cc1cc(C(c2cc(C)c(O)c(C)c2)c2cccc(O)c2O)cc(C)c1O. The van der Waals surface area contributed by atoms with Crippen LogP contribution in [0.2, 0.25) is 0 Å². The van der Waals surface area contributed by atoms with Crippen molar-refractivity contribution in [3.8, 4) is 23.0 Å². The van der Waals surface area contributed by atoms with E-state index in [-0.39, 0.29) is 28.9 Å². The topological polar surface area (TPSA) is 80.9 Å². The Morgan fingerprint density at radius 3 is 1.41 bits per heavy atom. The molecule has 3 rings (SSSR count). The van der Waals surface area contributed by atoms with Gasteiger partial charge in [-0.2, -0.15) is 0 Å². The molecule has 0 saturated heterocycles. The standard InChI is InChI=1S/C23H24O4/c1-12-8-16(9-13(2)21(12)25)20(18-6-5-7-19(24)23(18)27)17-10-14(3)22(26)15(4)11-17/h5-11,20,24-27H,1-4H3. The first kappa shape index (κ1) is 18.6. The highest BCUT2D eigenvalue weighted by Gasteiger charge is 2.24. The first-order valence-electron chi connectivity index (χ1n) is 8.81. The maximum Gasteiger partial charge on any atom is 0.161 e. The number of hydrogen-bond acceptors (Lipinski definition) is 4. The van der Waals surface area contributed by atoms with E-state index in [0.717, 1.165) is 33.4 Å². The Bertz CT molecular complexity index is 917. The van der Waals surface area contributed by atoms with Crippen LogP contribution in [-0.2, 0) is 0 Å². The van der Waals surface area contributed by atoms with E-state index in [4.69, 9.17) is 0 Å². The van der Waals surface area contributed by atoms with E-state index < -0.39 is 0 Å². The minimum atomic E-state index is -0.368. The van der Waals surface area contributed by atoms with E-state index in [1.807, 2.05) is 52.0 Å². The summed E-state index contributed by atoms with van der Waals surface area (Å²) in [6, 6.07) is 12.4. The van der Waals surface area contributed by atoms with E-state index in [2.05, 4.69) is 0 Å². The second kappa shape index (κ2) is 6.88. The summed E-state index contributed by atoms with van der Waals surface area (Å²) in [5, 5.41) is 40.9. The Morgan fingerprint density at radius 2 is 1.00 bits per heavy atom. The second-order valence-electron chi connectivity index (χ2n) is 7.15. The Balaban J connectivity index is 2.33. The molecule has 0 atom stereocenters. The number of para-hydroxylation sites is 1. The molecule has 0 amide bonds. The number of aromatic hydroxyl groups is 4. The molecule has 0 bridgehead atoms. The lowest BCUT2D eigenvalue weighted by Crippen LogP contribution is -2.06. The first-order chi connectivity index (χ1) is 12.7. The minimum absolute atomic E-state index is 0.172. The minimum Gasteiger partial charge on any atom is -0.507 e. The van der Waals surface area contributed by atoms with E-state index in [1.165, 1.54) is 6.07 Å². The summed E-state index contributed by atoms with van der Waals surface area (Å²) >= 11 is 0. The molecular formula is C23H24O4. The summed E-state index contributed by atoms with van der Waals surface area (Å²) in [6.07, 6.45) is 0. The van der Waals surface area contributed by atoms with Crippen molar-refractivity contribution in [2.75, 3.05) is 0 Å². The largest absolute Gasteiger partial charge is 0.507 e. The van der Waals surface area contributed by atoms with E-state index in [9.17, 15) is 20.4 Å². The Morgan fingerprint density at radius 1 is 0.593 bits per heavy atom. The average molecular weight is 364 g/mol. The van der Waals surface area contributed by atoms with Crippen molar-refractivity contribution in [2.45, 2.75) is 33.6 Å². The predicted octanol–water partition coefficient (Wildman–Crippen LogP) is 4.92. The van der Waals surface area contributed by atoms with E-state index in [0.29, 0.717) is 5.56 Å². The van der Waals surface area contributed by atoms with E-state index >= 15 is 0 Å². The van der Waals surface area contributed by atoms with Crippen molar-refractivity contribution in [2.24, 2.45) is 0 Å². The van der Waals surface area contributed by atoms with Gasteiger partial charge in [0.25, 0.3) is 0 Å². The molecule has 4 nitrogen and oxygen atoms in total. The van der Waals surface area contributed by atoms with Crippen molar-refractivity contribution in [1.29, 1.82) is 0 Å². The summed E-state index contributed by atoms with van der Waals surface area (Å²) in [5.41, 5.74) is 5.28. The molecular weight excluding hydrogens is 340 g/mol. The Kier molecular flexibility index (Phi) is 4.75. The average Bonchev–Trinajstić information content (AvgIpc) is 2.61. The predicted molar refractivity (Wildman–Crippen MR) is 106 cm³/mol. The van der Waals surface area contributed by atoms with Crippen LogP contribution in [0.15, 0.2) is 42.5 Å². The summed E-state index contributed by atoms with van der Waals surface area (Å²) in [5.74, 6) is -0.231. The van der Waals surface area contributed by atoms with Crippen LogP contribution in [0.4, 0.5) is 0 Å². The van der Waals surface area contributed by atoms with Gasteiger partial charge in [-0.05, 0) is 67.1 Å². The summed E-state index contributed by atoms with van der Waals surface area (Å²) < 4.78 is 0. The van der Waals surface area contributed by atoms with Crippen molar-refractivity contribution < 1.29 is 20.4 Å². The normalized spacial score (nSPS) is 11.1. The van der Waals surface area contributed by atoms with E-state index in [1.54, 1.807) is 12.1 Å². The van der Waals surface area contributed by atoms with Gasteiger partial charge in [-0.25, -0.2) is 0 Å². The van der Waals surface area contributed by atoms with Crippen LogP contribution >= 0.6 is 0 Å². The molecule has 0 radical (unpaired) electrons. The van der Waals surface area contributed by atoms with Gasteiger partial charge in [-0.3, -0.25) is 0 Å². The van der Waals surface area contributed by atoms with Crippen molar-refractivity contribution in [3.63, 3.8) is 0 Å². The zero-order valence-corrected chi connectivity index (χ0v) is 15.9. The van der Waals surface area contributed by atoms with Gasteiger partial charge in [0.2, 0.25) is 0 Å². The number of hydrogen-bond donors (Lipinski definition) is 4. The zero-order valence-electron chi connectivity index (χ0n) is 15.9. The number of phenols is 4. The van der Waals surface area contributed by atoms with Gasteiger partial charge in [0.1, 0.15) is 11.5 Å². The molecule has 0 fully saturated rings. The number of aryl methyl sites for hydroxylation is 4. The maximum absolute atomic E-state index is 10.5. The zero-order chi connectivity index (χ0) is 19.9. The van der Waals surface area contributed by atoms with Gasteiger partial charge in [-0.15, -0.1) is 0 Å². The molecule has 27 heavy (non-hydrogen) atoms. The van der Waals surface area contributed by atoms with Crippen LogP contribution in [0.3, 0.4) is 0 Å². The van der Waals surface area contributed by atoms with Crippen LogP contribution in [0, 0.1) is 27.7 Å². The Hall–Kier alpha value is -3.14. The highest BCUT2D eigenvalue weighted by atomic mass is 16.3. The third kappa shape index (κ3) is 3.31. The smallest absolute Gasteiger partial charge is 0.161 e. The highest BCUT2D eigenvalue weighted by Crippen LogP contribution is 2.43. The quantitative estimate of drug-likeness (QED) is 0.393. The molecule has 0 heterocycles. The molecule has 140 valence electrons. The molecule has 0 unspecified atom stereocenters. The van der Waals surface area contributed by atoms with Gasteiger partial charge in [0, 0.05) is 11.5 Å². The highest BCUT2D eigenvalue weighted by molar-refractivity contribution is 5.57. The van der Waals surface area contributed by atoms with Gasteiger partial charge < -0.3 is 20.4 Å². The van der Waals surface area contributed by atoms with Crippen LogP contribution in [-0.4, -0.2) is 20.4 Å². The molecule has 4 N–H and O–H groups in total. The fourth-order valence-corrected chi connectivity index (χ4v) is 3.65. The van der Waals surface area contributed by atoms with Crippen molar-refractivity contribution in [1.82, 2.24) is 0 Å². The van der Waals surface area contributed by atoms with Crippen LogP contribution < -0.4 is 0 Å². The monoisotopic (exact) mass is 364 g/mol. The third-order valence-corrected chi connectivity index (χ3v) is 5.05. The van der Waals surface area contributed by atoms with Gasteiger partial charge >= 0.3 is 0 Å². The molecule has 0 saturated carbocycles. The van der Waals surface area contributed by atoms with Crippen LogP contribution in [0.5, 0.6) is 23.0 Å². The molecule has 0 spiro atoms. The molecule has 0 aliphatic heterocycles. The number of rotatable bonds is 3.